The summed E-state index contributed by atoms with van der Waals surface area (Å²) in [6.45, 7) is 5.53. The second-order valence-electron chi connectivity index (χ2n) is 7.36. The number of hydrogen-bond donors (Lipinski definition) is 4. The van der Waals surface area contributed by atoms with E-state index in [0.29, 0.717) is 17.3 Å². The van der Waals surface area contributed by atoms with Crippen molar-refractivity contribution in [3.05, 3.63) is 59.4 Å². The number of rotatable bonds is 6. The summed E-state index contributed by atoms with van der Waals surface area (Å²) in [6.07, 6.45) is 0. The molecular formula is C21H26ClFN4O2+2. The summed E-state index contributed by atoms with van der Waals surface area (Å²) in [7, 11) is 0. The average molecular weight is 421 g/mol. The van der Waals surface area contributed by atoms with Crippen LogP contribution in [-0.2, 0) is 9.59 Å². The zero-order valence-electron chi connectivity index (χ0n) is 16.3. The van der Waals surface area contributed by atoms with Gasteiger partial charge < -0.3 is 20.4 Å². The Labute approximate surface area is 174 Å². The number of quaternary nitrogens is 2. The molecule has 1 aliphatic rings. The zero-order chi connectivity index (χ0) is 20.8. The van der Waals surface area contributed by atoms with Crippen molar-refractivity contribution in [2.75, 3.05) is 43.4 Å². The van der Waals surface area contributed by atoms with Crippen LogP contribution in [0, 0.1) is 5.82 Å². The molecule has 0 spiro atoms. The van der Waals surface area contributed by atoms with Crippen LogP contribution in [0.25, 0.3) is 0 Å². The Kier molecular flexibility index (Phi) is 7.19. The summed E-state index contributed by atoms with van der Waals surface area (Å²) >= 11 is 5.87. The summed E-state index contributed by atoms with van der Waals surface area (Å²) in [5.74, 6) is -0.453. The maximum atomic E-state index is 12.9. The second kappa shape index (κ2) is 9.82. The summed E-state index contributed by atoms with van der Waals surface area (Å²) in [5.41, 5.74) is 1.32. The van der Waals surface area contributed by atoms with Crippen molar-refractivity contribution < 1.29 is 23.8 Å². The Morgan fingerprint density at radius 2 is 1.52 bits per heavy atom. The summed E-state index contributed by atoms with van der Waals surface area (Å²) in [4.78, 5) is 27.1. The van der Waals surface area contributed by atoms with Crippen LogP contribution in [0.15, 0.2) is 48.5 Å². The average Bonchev–Trinajstić information content (AvgIpc) is 2.71. The van der Waals surface area contributed by atoms with Gasteiger partial charge in [0.1, 0.15) is 32.0 Å². The van der Waals surface area contributed by atoms with Crippen LogP contribution in [0.1, 0.15) is 6.92 Å². The molecule has 1 atom stereocenters. The van der Waals surface area contributed by atoms with Crippen LogP contribution < -0.4 is 20.4 Å². The van der Waals surface area contributed by atoms with Crippen LogP contribution in [0.5, 0.6) is 0 Å². The van der Waals surface area contributed by atoms with Gasteiger partial charge in [0.05, 0.1) is 0 Å². The minimum Gasteiger partial charge on any atom is -0.321 e. The molecule has 1 aliphatic heterocycles. The lowest BCUT2D eigenvalue weighted by Gasteiger charge is -2.32. The minimum absolute atomic E-state index is 0.0279. The molecule has 6 nitrogen and oxygen atoms in total. The van der Waals surface area contributed by atoms with E-state index < -0.39 is 0 Å². The number of benzene rings is 2. The molecule has 0 saturated carbocycles. The maximum Gasteiger partial charge on any atom is 0.282 e. The van der Waals surface area contributed by atoms with Gasteiger partial charge in [0.2, 0.25) is 0 Å². The molecular weight excluding hydrogens is 395 g/mol. The quantitative estimate of drug-likeness (QED) is 0.540. The van der Waals surface area contributed by atoms with E-state index in [1.54, 1.807) is 36.4 Å². The third-order valence-electron chi connectivity index (χ3n) is 5.26. The number of amides is 2. The molecule has 2 aromatic carbocycles. The van der Waals surface area contributed by atoms with E-state index in [1.165, 1.54) is 21.9 Å². The number of anilines is 2. The molecule has 0 aliphatic carbocycles. The molecule has 1 saturated heterocycles. The Balaban J connectivity index is 1.43. The Morgan fingerprint density at radius 1 is 0.966 bits per heavy atom. The van der Waals surface area contributed by atoms with Gasteiger partial charge in [0.15, 0.2) is 12.6 Å². The van der Waals surface area contributed by atoms with Gasteiger partial charge in [0.25, 0.3) is 11.8 Å². The third kappa shape index (κ3) is 6.25. The SMILES string of the molecule is C[C@H](C(=O)Nc1ccc(Cl)cc1)[NH+]1CC[NH+](CC(=O)Nc2ccc(F)cc2)CC1. The van der Waals surface area contributed by atoms with Crippen molar-refractivity contribution in [1.29, 1.82) is 0 Å². The fourth-order valence-electron chi connectivity index (χ4n) is 3.47. The first kappa shape index (κ1) is 21.2. The fraction of sp³-hybridized carbons (Fsp3) is 0.333. The predicted octanol–water partition coefficient (Wildman–Crippen LogP) is 0.228. The van der Waals surface area contributed by atoms with Gasteiger partial charge >= 0.3 is 0 Å². The number of halogens is 2. The van der Waals surface area contributed by atoms with E-state index >= 15 is 0 Å². The molecule has 0 bridgehead atoms. The van der Waals surface area contributed by atoms with E-state index in [4.69, 9.17) is 11.6 Å². The molecule has 8 heteroatoms. The Morgan fingerprint density at radius 3 is 2.14 bits per heavy atom. The van der Waals surface area contributed by atoms with Crippen LogP contribution >= 0.6 is 11.6 Å². The van der Waals surface area contributed by atoms with Crippen molar-refractivity contribution in [2.24, 2.45) is 0 Å². The molecule has 154 valence electrons. The topological polar surface area (TPSA) is 67.1 Å². The van der Waals surface area contributed by atoms with E-state index in [2.05, 4.69) is 10.6 Å². The summed E-state index contributed by atoms with van der Waals surface area (Å²) < 4.78 is 12.9. The first-order valence-corrected chi connectivity index (χ1v) is 10.1. The third-order valence-corrected chi connectivity index (χ3v) is 5.51. The van der Waals surface area contributed by atoms with Crippen LogP contribution in [0.4, 0.5) is 15.8 Å². The highest BCUT2D eigenvalue weighted by Crippen LogP contribution is 2.13. The molecule has 4 N–H and O–H groups in total. The minimum atomic E-state index is -0.332. The smallest absolute Gasteiger partial charge is 0.282 e. The molecule has 1 heterocycles. The lowest BCUT2D eigenvalue weighted by Crippen LogP contribution is -3.30. The number of hydrogen-bond acceptors (Lipinski definition) is 2. The Bertz CT molecular complexity index is 837. The molecule has 0 radical (unpaired) electrons. The first-order valence-electron chi connectivity index (χ1n) is 9.70. The molecule has 29 heavy (non-hydrogen) atoms. The van der Waals surface area contributed by atoms with Gasteiger partial charge in [-0.2, -0.15) is 0 Å². The molecule has 0 aromatic heterocycles. The van der Waals surface area contributed by atoms with Crippen molar-refractivity contribution in [2.45, 2.75) is 13.0 Å². The molecule has 3 rings (SSSR count). The monoisotopic (exact) mass is 420 g/mol. The highest BCUT2D eigenvalue weighted by atomic mass is 35.5. The predicted molar refractivity (Wildman–Crippen MR) is 111 cm³/mol. The van der Waals surface area contributed by atoms with Crippen molar-refractivity contribution in [1.82, 2.24) is 0 Å². The van der Waals surface area contributed by atoms with E-state index in [9.17, 15) is 14.0 Å². The van der Waals surface area contributed by atoms with E-state index in [1.807, 2.05) is 6.92 Å². The van der Waals surface area contributed by atoms with Gasteiger partial charge in [0, 0.05) is 16.4 Å². The molecule has 1 fully saturated rings. The van der Waals surface area contributed by atoms with Gasteiger partial charge in [-0.05, 0) is 55.5 Å². The largest absolute Gasteiger partial charge is 0.321 e. The van der Waals surface area contributed by atoms with Crippen molar-refractivity contribution in [3.8, 4) is 0 Å². The highest BCUT2D eigenvalue weighted by molar-refractivity contribution is 6.30. The van der Waals surface area contributed by atoms with Gasteiger partial charge in [-0.15, -0.1) is 0 Å². The van der Waals surface area contributed by atoms with Crippen LogP contribution in [-0.4, -0.2) is 50.6 Å². The molecule has 2 aromatic rings. The first-order chi connectivity index (χ1) is 13.9. The summed E-state index contributed by atoms with van der Waals surface area (Å²) in [5, 5.41) is 6.35. The molecule has 2 amide bonds. The lowest BCUT2D eigenvalue weighted by atomic mass is 10.2. The van der Waals surface area contributed by atoms with Gasteiger partial charge in [-0.3, -0.25) is 9.59 Å². The maximum absolute atomic E-state index is 12.9. The number of piperazine rings is 1. The fourth-order valence-corrected chi connectivity index (χ4v) is 3.60. The summed E-state index contributed by atoms with van der Waals surface area (Å²) in [6, 6.07) is 12.6. The second-order valence-corrected chi connectivity index (χ2v) is 7.79. The van der Waals surface area contributed by atoms with E-state index in [-0.39, 0.29) is 23.7 Å². The lowest BCUT2D eigenvalue weighted by molar-refractivity contribution is -1.01. The standard InChI is InChI=1S/C21H24ClFN4O2/c1-15(21(29)25-19-6-2-16(22)3-7-19)27-12-10-26(11-13-27)14-20(28)24-18-8-4-17(23)5-9-18/h2-9,15H,10-14H2,1H3,(H,24,28)(H,25,29)/p+2/t15-/m1/s1. The highest BCUT2D eigenvalue weighted by Gasteiger charge is 2.31. The number of carbonyl (C=O) groups excluding carboxylic acids is 2. The molecule has 0 unspecified atom stereocenters. The Hall–Kier alpha value is -2.48. The van der Waals surface area contributed by atoms with Gasteiger partial charge in [-0.25, -0.2) is 4.39 Å². The zero-order valence-corrected chi connectivity index (χ0v) is 17.1. The normalized spacial score (nSPS) is 20.0. The van der Waals surface area contributed by atoms with E-state index in [0.717, 1.165) is 31.9 Å². The van der Waals surface area contributed by atoms with Crippen molar-refractivity contribution >= 4 is 34.8 Å². The van der Waals surface area contributed by atoms with Crippen LogP contribution in [0.3, 0.4) is 0 Å². The van der Waals surface area contributed by atoms with Crippen molar-refractivity contribution in [3.63, 3.8) is 0 Å². The van der Waals surface area contributed by atoms with Crippen LogP contribution in [0.2, 0.25) is 5.02 Å². The number of carbonyl (C=O) groups is 2. The number of nitrogens with one attached hydrogen (secondary N) is 4. The van der Waals surface area contributed by atoms with Gasteiger partial charge in [-0.1, -0.05) is 11.6 Å².